The Balaban J connectivity index is 1.70. The summed E-state index contributed by atoms with van der Waals surface area (Å²) in [6, 6.07) is 14.2. The van der Waals surface area contributed by atoms with Gasteiger partial charge < -0.3 is 0 Å². The van der Waals surface area contributed by atoms with Gasteiger partial charge in [-0.25, -0.2) is 8.42 Å². The van der Waals surface area contributed by atoms with Crippen molar-refractivity contribution in [2.75, 3.05) is 6.26 Å². The van der Waals surface area contributed by atoms with E-state index in [9.17, 15) is 21.6 Å². The van der Waals surface area contributed by atoms with E-state index in [1.54, 1.807) is 42.5 Å². The van der Waals surface area contributed by atoms with Gasteiger partial charge in [-0.05, 0) is 48.0 Å². The topological polar surface area (TPSA) is 52.0 Å². The molecular formula is C20H14ClF3N2O2S3. The summed E-state index contributed by atoms with van der Waals surface area (Å²) in [4.78, 5) is 2.12. The molecular weight excluding hydrogens is 489 g/mol. The zero-order chi connectivity index (χ0) is 22.4. The Kier molecular flexibility index (Phi) is 5.76. The van der Waals surface area contributed by atoms with Crippen molar-refractivity contribution in [1.82, 2.24) is 9.78 Å². The highest BCUT2D eigenvalue weighted by atomic mass is 35.5. The minimum atomic E-state index is -4.56. The van der Waals surface area contributed by atoms with Crippen molar-refractivity contribution in [3.05, 3.63) is 69.5 Å². The van der Waals surface area contributed by atoms with Crippen LogP contribution in [0.5, 0.6) is 0 Å². The molecule has 0 spiro atoms. The number of hydrogen-bond acceptors (Lipinski definition) is 5. The average molecular weight is 503 g/mol. The van der Waals surface area contributed by atoms with Gasteiger partial charge in [-0.3, -0.25) is 4.68 Å². The second-order valence-corrected chi connectivity index (χ2v) is 11.6. The van der Waals surface area contributed by atoms with Crippen molar-refractivity contribution in [2.45, 2.75) is 17.6 Å². The molecule has 4 nitrogen and oxygen atoms in total. The van der Waals surface area contributed by atoms with E-state index in [2.05, 4.69) is 5.10 Å². The fourth-order valence-electron chi connectivity index (χ4n) is 2.98. The summed E-state index contributed by atoms with van der Waals surface area (Å²) in [5, 5.41) is 4.19. The van der Waals surface area contributed by atoms with E-state index < -0.39 is 21.7 Å². The third kappa shape index (κ3) is 4.87. The van der Waals surface area contributed by atoms with Crippen LogP contribution >= 0.6 is 34.3 Å². The van der Waals surface area contributed by atoms with Crippen LogP contribution in [0.1, 0.15) is 10.6 Å². The van der Waals surface area contributed by atoms with Gasteiger partial charge in [0, 0.05) is 16.0 Å². The van der Waals surface area contributed by atoms with Crippen LogP contribution in [0.4, 0.5) is 13.2 Å². The third-order valence-corrected chi connectivity index (χ3v) is 7.89. The predicted octanol–water partition coefficient (Wildman–Crippen LogP) is 6.46. The van der Waals surface area contributed by atoms with Gasteiger partial charge in [-0.1, -0.05) is 23.7 Å². The van der Waals surface area contributed by atoms with E-state index in [1.165, 1.54) is 28.7 Å². The Morgan fingerprint density at radius 3 is 2.42 bits per heavy atom. The predicted molar refractivity (Wildman–Crippen MR) is 118 cm³/mol. The first-order valence-electron chi connectivity index (χ1n) is 8.81. The molecule has 1 aromatic carbocycles. The SMILES string of the molecule is CS(=O)(=O)c1cccc(-c2ccc(-c3cc(C(F)(F)F)n(Cc4ccc(Cl)s4)n3)s2)c1. The molecule has 0 amide bonds. The molecule has 3 aromatic heterocycles. The quantitative estimate of drug-likeness (QED) is 0.314. The maximum atomic E-state index is 13.6. The van der Waals surface area contributed by atoms with E-state index in [0.29, 0.717) is 19.7 Å². The molecule has 0 saturated heterocycles. The van der Waals surface area contributed by atoms with Gasteiger partial charge >= 0.3 is 6.18 Å². The summed E-state index contributed by atoms with van der Waals surface area (Å²) < 4.78 is 65.8. The Morgan fingerprint density at radius 2 is 1.77 bits per heavy atom. The monoisotopic (exact) mass is 502 g/mol. The highest BCUT2D eigenvalue weighted by molar-refractivity contribution is 7.90. The number of hydrogen-bond donors (Lipinski definition) is 0. The van der Waals surface area contributed by atoms with Crippen LogP contribution in [0.25, 0.3) is 21.0 Å². The number of benzene rings is 1. The molecule has 0 fully saturated rings. The molecule has 11 heteroatoms. The van der Waals surface area contributed by atoms with Crippen molar-refractivity contribution < 1.29 is 21.6 Å². The first-order valence-corrected chi connectivity index (χ1v) is 12.7. The summed E-state index contributed by atoms with van der Waals surface area (Å²) >= 11 is 8.34. The van der Waals surface area contributed by atoms with Crippen molar-refractivity contribution in [1.29, 1.82) is 0 Å². The molecule has 3 heterocycles. The van der Waals surface area contributed by atoms with Gasteiger partial charge in [0.1, 0.15) is 11.4 Å². The van der Waals surface area contributed by atoms with E-state index in [0.717, 1.165) is 21.9 Å². The van der Waals surface area contributed by atoms with E-state index >= 15 is 0 Å². The summed E-state index contributed by atoms with van der Waals surface area (Å²) in [7, 11) is -3.37. The van der Waals surface area contributed by atoms with Crippen molar-refractivity contribution >= 4 is 44.1 Å². The first kappa shape index (κ1) is 22.1. The third-order valence-electron chi connectivity index (χ3n) is 4.41. The molecule has 162 valence electrons. The van der Waals surface area contributed by atoms with Crippen molar-refractivity contribution in [2.24, 2.45) is 0 Å². The maximum Gasteiger partial charge on any atom is 0.433 e. The number of alkyl halides is 3. The Bertz CT molecular complexity index is 1350. The van der Waals surface area contributed by atoms with Gasteiger partial charge in [0.15, 0.2) is 9.84 Å². The minimum Gasteiger partial charge on any atom is -0.255 e. The highest BCUT2D eigenvalue weighted by Gasteiger charge is 2.36. The van der Waals surface area contributed by atoms with Gasteiger partial charge in [-0.2, -0.15) is 18.3 Å². The summed E-state index contributed by atoms with van der Waals surface area (Å²) in [5.41, 5.74) is 0.0226. The lowest BCUT2D eigenvalue weighted by molar-refractivity contribution is -0.144. The number of rotatable bonds is 5. The molecule has 4 aromatic rings. The van der Waals surface area contributed by atoms with Crippen LogP contribution in [-0.4, -0.2) is 24.5 Å². The van der Waals surface area contributed by atoms with Crippen LogP contribution in [-0.2, 0) is 22.6 Å². The average Bonchev–Trinajstić information content (AvgIpc) is 3.40. The van der Waals surface area contributed by atoms with E-state index in [-0.39, 0.29) is 17.1 Å². The van der Waals surface area contributed by atoms with Crippen molar-refractivity contribution in [3.8, 4) is 21.0 Å². The smallest absolute Gasteiger partial charge is 0.255 e. The second-order valence-electron chi connectivity index (χ2n) is 6.74. The van der Waals surface area contributed by atoms with Gasteiger partial charge in [0.25, 0.3) is 0 Å². The molecule has 0 N–H and O–H groups in total. The number of aromatic nitrogens is 2. The van der Waals surface area contributed by atoms with Gasteiger partial charge in [0.2, 0.25) is 0 Å². The summed E-state index contributed by atoms with van der Waals surface area (Å²) in [6.07, 6.45) is -3.44. The number of halogens is 4. The lowest BCUT2D eigenvalue weighted by atomic mass is 10.2. The normalized spacial score (nSPS) is 12.4. The molecule has 0 aliphatic carbocycles. The summed E-state index contributed by atoms with van der Waals surface area (Å²) in [5.74, 6) is 0. The second kappa shape index (κ2) is 8.09. The van der Waals surface area contributed by atoms with Crippen LogP contribution < -0.4 is 0 Å². The lowest BCUT2D eigenvalue weighted by Gasteiger charge is -2.08. The number of sulfone groups is 1. The fraction of sp³-hybridized carbons (Fsp3) is 0.150. The van der Waals surface area contributed by atoms with E-state index in [4.69, 9.17) is 11.6 Å². The molecule has 0 unspecified atom stereocenters. The molecule has 0 bridgehead atoms. The molecule has 0 aliphatic rings. The zero-order valence-corrected chi connectivity index (χ0v) is 19.1. The molecule has 0 atom stereocenters. The zero-order valence-electron chi connectivity index (χ0n) is 15.9. The first-order chi connectivity index (χ1) is 14.5. The maximum absolute atomic E-state index is 13.6. The standard InChI is InChI=1S/C20H14ClF3N2O2S3/c1-31(27,28)14-4-2-3-12(9-14)16-6-7-17(30-16)15-10-18(20(22,23)24)26(25-15)11-13-5-8-19(21)29-13/h2-10H,11H2,1H3. The number of nitrogens with zero attached hydrogens (tertiary/aromatic N) is 2. The minimum absolute atomic E-state index is 0.0408. The molecule has 4 rings (SSSR count). The Labute approximate surface area is 189 Å². The molecule has 0 aliphatic heterocycles. The van der Waals surface area contributed by atoms with Crippen molar-refractivity contribution in [3.63, 3.8) is 0 Å². The number of thiophene rings is 2. The highest BCUT2D eigenvalue weighted by Crippen LogP contribution is 2.38. The fourth-order valence-corrected chi connectivity index (χ4v) is 5.68. The molecule has 31 heavy (non-hydrogen) atoms. The van der Waals surface area contributed by atoms with Gasteiger partial charge in [-0.15, -0.1) is 22.7 Å². The van der Waals surface area contributed by atoms with Gasteiger partial charge in [0.05, 0.1) is 20.7 Å². The lowest BCUT2D eigenvalue weighted by Crippen LogP contribution is -2.14. The Morgan fingerprint density at radius 1 is 1.03 bits per heavy atom. The van der Waals surface area contributed by atoms with Crippen LogP contribution in [0.2, 0.25) is 4.34 Å². The summed E-state index contributed by atoms with van der Waals surface area (Å²) in [6.45, 7) is -0.0408. The van der Waals surface area contributed by atoms with Crippen LogP contribution in [0.15, 0.2) is 59.5 Å². The van der Waals surface area contributed by atoms with Crippen LogP contribution in [0.3, 0.4) is 0 Å². The molecule has 0 saturated carbocycles. The molecule has 0 radical (unpaired) electrons. The van der Waals surface area contributed by atoms with Crippen LogP contribution in [0, 0.1) is 0 Å². The van der Waals surface area contributed by atoms with E-state index in [1.807, 2.05) is 0 Å². The Hall–Kier alpha value is -2.14. The largest absolute Gasteiger partial charge is 0.433 e.